The molecule has 0 saturated carbocycles. The topological polar surface area (TPSA) is 26.8 Å². The smallest absolute Gasteiger partial charge is 0.253 e. The van der Waals surface area contributed by atoms with Gasteiger partial charge in [0.25, 0.3) is 5.91 Å². The highest BCUT2D eigenvalue weighted by atomic mass is 16.2. The van der Waals surface area contributed by atoms with Crippen LogP contribution in [0.4, 0.5) is 0 Å². The SMILES string of the molecule is CC1CN(C(=O)c2ccc(C(C)(C)C)cc2)CC(C)N1CCCN(C)C. The minimum absolute atomic E-state index is 0.114. The Morgan fingerprint density at radius 1 is 1.08 bits per heavy atom. The molecule has 1 saturated heterocycles. The maximum atomic E-state index is 13.0. The summed E-state index contributed by atoms with van der Waals surface area (Å²) in [7, 11) is 4.24. The Balaban J connectivity index is 1.99. The van der Waals surface area contributed by atoms with Crippen LogP contribution in [0.3, 0.4) is 0 Å². The molecular formula is C22H37N3O. The fourth-order valence-corrected chi connectivity index (χ4v) is 3.83. The molecular weight excluding hydrogens is 322 g/mol. The number of benzene rings is 1. The molecule has 0 aliphatic carbocycles. The third kappa shape index (κ3) is 5.31. The number of carbonyl (C=O) groups excluding carboxylic acids is 1. The Morgan fingerprint density at radius 2 is 1.62 bits per heavy atom. The van der Waals surface area contributed by atoms with Crippen molar-refractivity contribution in [1.29, 1.82) is 0 Å². The van der Waals surface area contributed by atoms with Crippen LogP contribution in [-0.4, -0.2) is 73.0 Å². The normalized spacial score (nSPS) is 22.1. The van der Waals surface area contributed by atoms with Crippen molar-refractivity contribution in [3.05, 3.63) is 35.4 Å². The molecule has 26 heavy (non-hydrogen) atoms. The van der Waals surface area contributed by atoms with Crippen LogP contribution in [0.1, 0.15) is 57.0 Å². The second-order valence-electron chi connectivity index (χ2n) is 9.13. The van der Waals surface area contributed by atoms with Gasteiger partial charge in [-0.25, -0.2) is 0 Å². The summed E-state index contributed by atoms with van der Waals surface area (Å²) in [6.07, 6.45) is 1.17. The Labute approximate surface area is 160 Å². The molecule has 2 rings (SSSR count). The van der Waals surface area contributed by atoms with Crippen molar-refractivity contribution in [2.45, 2.75) is 58.5 Å². The molecule has 1 aliphatic heterocycles. The molecule has 1 heterocycles. The zero-order valence-electron chi connectivity index (χ0n) is 17.7. The highest BCUT2D eigenvalue weighted by Gasteiger charge is 2.31. The average Bonchev–Trinajstić information content (AvgIpc) is 2.55. The van der Waals surface area contributed by atoms with Gasteiger partial charge in [-0.05, 0) is 64.0 Å². The highest BCUT2D eigenvalue weighted by Crippen LogP contribution is 2.23. The van der Waals surface area contributed by atoms with Crippen molar-refractivity contribution >= 4 is 5.91 Å². The van der Waals surface area contributed by atoms with Crippen molar-refractivity contribution < 1.29 is 4.79 Å². The van der Waals surface area contributed by atoms with Crippen LogP contribution in [0.5, 0.6) is 0 Å². The molecule has 0 spiro atoms. The van der Waals surface area contributed by atoms with E-state index in [4.69, 9.17) is 0 Å². The zero-order chi connectivity index (χ0) is 19.5. The van der Waals surface area contributed by atoms with Gasteiger partial charge in [0.2, 0.25) is 0 Å². The summed E-state index contributed by atoms with van der Waals surface area (Å²) < 4.78 is 0. The van der Waals surface area contributed by atoms with E-state index in [1.54, 1.807) is 0 Å². The Bertz CT molecular complexity index is 576. The fraction of sp³-hybridized carbons (Fsp3) is 0.682. The average molecular weight is 360 g/mol. The standard InChI is InChI=1S/C22H37N3O/c1-17-15-24(16-18(2)25(17)14-8-13-23(6)7)21(26)19-9-11-20(12-10-19)22(3,4)5/h9-12,17-18H,8,13-16H2,1-7H3. The second-order valence-corrected chi connectivity index (χ2v) is 9.13. The van der Waals surface area contributed by atoms with Crippen molar-refractivity contribution in [3.8, 4) is 0 Å². The third-order valence-corrected chi connectivity index (χ3v) is 5.41. The van der Waals surface area contributed by atoms with E-state index in [0.29, 0.717) is 12.1 Å². The number of hydrogen-bond acceptors (Lipinski definition) is 3. The molecule has 1 aliphatic rings. The number of nitrogens with zero attached hydrogens (tertiary/aromatic N) is 3. The summed E-state index contributed by atoms with van der Waals surface area (Å²) in [5, 5.41) is 0. The molecule has 1 amide bonds. The van der Waals surface area contributed by atoms with Gasteiger partial charge < -0.3 is 9.80 Å². The van der Waals surface area contributed by atoms with E-state index in [9.17, 15) is 4.79 Å². The number of carbonyl (C=O) groups is 1. The van der Waals surface area contributed by atoms with Gasteiger partial charge in [-0.15, -0.1) is 0 Å². The van der Waals surface area contributed by atoms with Gasteiger partial charge in [0, 0.05) is 37.3 Å². The number of amides is 1. The zero-order valence-corrected chi connectivity index (χ0v) is 17.7. The fourth-order valence-electron chi connectivity index (χ4n) is 3.83. The molecule has 1 aromatic carbocycles. The third-order valence-electron chi connectivity index (χ3n) is 5.41. The summed E-state index contributed by atoms with van der Waals surface area (Å²) in [6, 6.07) is 8.97. The molecule has 2 unspecified atom stereocenters. The Hall–Kier alpha value is -1.39. The summed E-state index contributed by atoms with van der Waals surface area (Å²) in [4.78, 5) is 19.8. The number of rotatable bonds is 5. The lowest BCUT2D eigenvalue weighted by molar-refractivity contribution is 0.0295. The lowest BCUT2D eigenvalue weighted by Crippen LogP contribution is -2.58. The van der Waals surface area contributed by atoms with Crippen LogP contribution < -0.4 is 0 Å². The summed E-state index contributed by atoms with van der Waals surface area (Å²) in [5.41, 5.74) is 2.18. The predicted molar refractivity (Wildman–Crippen MR) is 110 cm³/mol. The molecule has 146 valence electrons. The van der Waals surface area contributed by atoms with Gasteiger partial charge in [0.15, 0.2) is 0 Å². The van der Waals surface area contributed by atoms with Crippen molar-refractivity contribution in [2.75, 3.05) is 40.3 Å². The van der Waals surface area contributed by atoms with Crippen LogP contribution in [0.15, 0.2) is 24.3 Å². The van der Waals surface area contributed by atoms with Crippen molar-refractivity contribution in [3.63, 3.8) is 0 Å². The molecule has 2 atom stereocenters. The summed E-state index contributed by atoms with van der Waals surface area (Å²) in [6.45, 7) is 14.9. The lowest BCUT2D eigenvalue weighted by atomic mass is 9.86. The van der Waals surface area contributed by atoms with E-state index in [-0.39, 0.29) is 11.3 Å². The van der Waals surface area contributed by atoms with Gasteiger partial charge in [0.1, 0.15) is 0 Å². The second kappa shape index (κ2) is 8.53. The highest BCUT2D eigenvalue weighted by molar-refractivity contribution is 5.94. The molecule has 4 heteroatoms. The van der Waals surface area contributed by atoms with E-state index in [0.717, 1.165) is 31.7 Å². The van der Waals surface area contributed by atoms with Crippen molar-refractivity contribution in [2.24, 2.45) is 0 Å². The van der Waals surface area contributed by atoms with Gasteiger partial charge >= 0.3 is 0 Å². The molecule has 0 radical (unpaired) electrons. The molecule has 0 bridgehead atoms. The van der Waals surface area contributed by atoms with E-state index in [1.165, 1.54) is 12.0 Å². The van der Waals surface area contributed by atoms with Gasteiger partial charge in [0.05, 0.1) is 0 Å². The summed E-state index contributed by atoms with van der Waals surface area (Å²) in [5.74, 6) is 0.164. The molecule has 1 fully saturated rings. The maximum absolute atomic E-state index is 13.0. The van der Waals surface area contributed by atoms with Crippen LogP contribution in [0.25, 0.3) is 0 Å². The number of hydrogen-bond donors (Lipinski definition) is 0. The van der Waals surface area contributed by atoms with Crippen LogP contribution in [0, 0.1) is 0 Å². The maximum Gasteiger partial charge on any atom is 0.253 e. The van der Waals surface area contributed by atoms with Gasteiger partial charge in [-0.1, -0.05) is 32.9 Å². The Kier molecular flexibility index (Phi) is 6.86. The Morgan fingerprint density at radius 3 is 2.08 bits per heavy atom. The van der Waals surface area contributed by atoms with E-state index in [1.807, 2.05) is 17.0 Å². The molecule has 1 aromatic rings. The minimum Gasteiger partial charge on any atom is -0.336 e. The molecule has 0 N–H and O–H groups in total. The minimum atomic E-state index is 0.114. The first kappa shape index (κ1) is 20.9. The largest absolute Gasteiger partial charge is 0.336 e. The van der Waals surface area contributed by atoms with Gasteiger partial charge in [-0.3, -0.25) is 9.69 Å². The van der Waals surface area contributed by atoms with E-state index >= 15 is 0 Å². The first-order chi connectivity index (χ1) is 12.1. The van der Waals surface area contributed by atoms with Crippen LogP contribution in [0.2, 0.25) is 0 Å². The number of piperazine rings is 1. The lowest BCUT2D eigenvalue weighted by Gasteiger charge is -2.44. The van der Waals surface area contributed by atoms with Crippen molar-refractivity contribution in [1.82, 2.24) is 14.7 Å². The van der Waals surface area contributed by atoms with Crippen LogP contribution in [-0.2, 0) is 5.41 Å². The monoisotopic (exact) mass is 359 g/mol. The molecule has 4 nitrogen and oxygen atoms in total. The predicted octanol–water partition coefficient (Wildman–Crippen LogP) is 3.47. The first-order valence-electron chi connectivity index (χ1n) is 9.90. The summed E-state index contributed by atoms with van der Waals surface area (Å²) >= 11 is 0. The first-order valence-corrected chi connectivity index (χ1v) is 9.90. The molecule has 0 aromatic heterocycles. The van der Waals surface area contributed by atoms with E-state index in [2.05, 4.69) is 70.6 Å². The van der Waals surface area contributed by atoms with E-state index < -0.39 is 0 Å². The quantitative estimate of drug-likeness (QED) is 0.805. The van der Waals surface area contributed by atoms with Crippen LogP contribution >= 0.6 is 0 Å². The van der Waals surface area contributed by atoms with Gasteiger partial charge in [-0.2, -0.15) is 0 Å².